The minimum Gasteiger partial charge on any atom is -0.489 e. The maximum Gasteiger partial charge on any atom is 0.236 e. The highest BCUT2D eigenvalue weighted by Crippen LogP contribution is 2.20. The number of nitrogen functional groups attached to an aromatic ring is 1. The fourth-order valence-corrected chi connectivity index (χ4v) is 2.17. The zero-order valence-corrected chi connectivity index (χ0v) is 10.3. The van der Waals surface area contributed by atoms with Crippen molar-refractivity contribution in [1.82, 2.24) is 4.90 Å². The van der Waals surface area contributed by atoms with Crippen LogP contribution in [-0.2, 0) is 4.79 Å². The van der Waals surface area contributed by atoms with E-state index >= 15 is 0 Å². The van der Waals surface area contributed by atoms with E-state index in [-0.39, 0.29) is 18.6 Å². The summed E-state index contributed by atoms with van der Waals surface area (Å²) in [6.45, 7) is 1.43. The number of likely N-dealkylation sites (tertiary alicyclic amines) is 1. The van der Waals surface area contributed by atoms with Crippen molar-refractivity contribution >= 4 is 11.6 Å². The van der Waals surface area contributed by atoms with Crippen LogP contribution in [0.5, 0.6) is 5.75 Å². The number of nitrogens with two attached hydrogens (primary N) is 2. The number of rotatable bonds is 3. The molecule has 1 heterocycles. The van der Waals surface area contributed by atoms with Crippen LogP contribution < -0.4 is 16.2 Å². The second-order valence-electron chi connectivity index (χ2n) is 4.50. The minimum absolute atomic E-state index is 0.0177. The molecule has 2 rings (SSSR count). The molecule has 5 nitrogen and oxygen atoms in total. The van der Waals surface area contributed by atoms with Gasteiger partial charge in [0, 0.05) is 18.3 Å². The molecule has 18 heavy (non-hydrogen) atoms. The number of carbonyl (C=O) groups is 1. The van der Waals surface area contributed by atoms with Crippen molar-refractivity contribution in [3.63, 3.8) is 0 Å². The summed E-state index contributed by atoms with van der Waals surface area (Å²) in [5.41, 5.74) is 11.8. The van der Waals surface area contributed by atoms with Crippen LogP contribution in [0, 0.1) is 0 Å². The predicted molar refractivity (Wildman–Crippen MR) is 70.1 cm³/mol. The molecule has 98 valence electrons. The molecule has 1 fully saturated rings. The Morgan fingerprint density at radius 1 is 1.50 bits per heavy atom. The first-order chi connectivity index (χ1) is 8.69. The Morgan fingerprint density at radius 3 is 3.06 bits per heavy atom. The van der Waals surface area contributed by atoms with E-state index in [0.717, 1.165) is 25.1 Å². The first-order valence-corrected chi connectivity index (χ1v) is 6.19. The lowest BCUT2D eigenvalue weighted by Crippen LogP contribution is -2.46. The van der Waals surface area contributed by atoms with Crippen LogP contribution in [0.2, 0.25) is 0 Å². The van der Waals surface area contributed by atoms with Gasteiger partial charge in [-0.25, -0.2) is 0 Å². The third-order valence-electron chi connectivity index (χ3n) is 3.07. The van der Waals surface area contributed by atoms with E-state index in [4.69, 9.17) is 16.2 Å². The van der Waals surface area contributed by atoms with Crippen LogP contribution in [-0.4, -0.2) is 36.5 Å². The summed E-state index contributed by atoms with van der Waals surface area (Å²) < 4.78 is 5.85. The lowest BCUT2D eigenvalue weighted by Gasteiger charge is -2.32. The Labute approximate surface area is 107 Å². The Morgan fingerprint density at radius 2 is 2.33 bits per heavy atom. The Balaban J connectivity index is 1.95. The van der Waals surface area contributed by atoms with Crippen LogP contribution in [0.1, 0.15) is 12.8 Å². The highest BCUT2D eigenvalue weighted by molar-refractivity contribution is 5.78. The molecule has 4 N–H and O–H groups in total. The molecular weight excluding hydrogens is 230 g/mol. The lowest BCUT2D eigenvalue weighted by atomic mass is 10.1. The SMILES string of the molecule is NCC(=O)N1CCCC(Oc2cccc(N)c2)C1. The Bertz CT molecular complexity index is 422. The summed E-state index contributed by atoms with van der Waals surface area (Å²) in [4.78, 5) is 13.3. The summed E-state index contributed by atoms with van der Waals surface area (Å²) in [6.07, 6.45) is 1.91. The molecule has 0 radical (unpaired) electrons. The monoisotopic (exact) mass is 249 g/mol. The van der Waals surface area contributed by atoms with E-state index in [1.54, 1.807) is 11.0 Å². The normalized spacial score (nSPS) is 19.6. The Hall–Kier alpha value is -1.75. The largest absolute Gasteiger partial charge is 0.489 e. The summed E-state index contributed by atoms with van der Waals surface area (Å²) in [7, 11) is 0. The Kier molecular flexibility index (Phi) is 4.04. The van der Waals surface area contributed by atoms with E-state index < -0.39 is 0 Å². The zero-order valence-electron chi connectivity index (χ0n) is 10.3. The molecule has 1 aliphatic rings. The predicted octanol–water partition coefficient (Wildman–Crippen LogP) is 0.597. The van der Waals surface area contributed by atoms with Crippen molar-refractivity contribution in [2.24, 2.45) is 5.73 Å². The summed E-state index contributed by atoms with van der Waals surface area (Å²) in [5.74, 6) is 0.734. The van der Waals surface area contributed by atoms with Crippen LogP contribution in [0.25, 0.3) is 0 Å². The molecule has 1 atom stereocenters. The molecule has 0 bridgehead atoms. The second kappa shape index (κ2) is 5.73. The average Bonchev–Trinajstić information content (AvgIpc) is 2.38. The van der Waals surface area contributed by atoms with Crippen molar-refractivity contribution in [2.75, 3.05) is 25.4 Å². The van der Waals surface area contributed by atoms with Gasteiger partial charge in [-0.15, -0.1) is 0 Å². The van der Waals surface area contributed by atoms with E-state index in [1.165, 1.54) is 0 Å². The van der Waals surface area contributed by atoms with Gasteiger partial charge < -0.3 is 21.1 Å². The number of piperidine rings is 1. The number of amides is 1. The van der Waals surface area contributed by atoms with Crippen molar-refractivity contribution in [3.05, 3.63) is 24.3 Å². The maximum absolute atomic E-state index is 11.5. The molecule has 0 aromatic heterocycles. The van der Waals surface area contributed by atoms with Gasteiger partial charge in [0.1, 0.15) is 11.9 Å². The summed E-state index contributed by atoms with van der Waals surface area (Å²) in [5, 5.41) is 0. The number of hydrogen-bond acceptors (Lipinski definition) is 4. The summed E-state index contributed by atoms with van der Waals surface area (Å²) >= 11 is 0. The topological polar surface area (TPSA) is 81.6 Å². The van der Waals surface area contributed by atoms with Crippen LogP contribution >= 0.6 is 0 Å². The van der Waals surface area contributed by atoms with E-state index in [0.29, 0.717) is 12.2 Å². The van der Waals surface area contributed by atoms with Gasteiger partial charge in [-0.1, -0.05) is 6.07 Å². The number of nitrogens with zero attached hydrogens (tertiary/aromatic N) is 1. The van der Waals surface area contributed by atoms with Gasteiger partial charge in [0.2, 0.25) is 5.91 Å². The number of ether oxygens (including phenoxy) is 1. The third-order valence-corrected chi connectivity index (χ3v) is 3.07. The zero-order chi connectivity index (χ0) is 13.0. The van der Waals surface area contributed by atoms with Crippen molar-refractivity contribution in [3.8, 4) is 5.75 Å². The molecular formula is C13H19N3O2. The molecule has 1 aromatic rings. The van der Waals surface area contributed by atoms with Crippen molar-refractivity contribution in [1.29, 1.82) is 0 Å². The van der Waals surface area contributed by atoms with E-state index in [1.807, 2.05) is 18.2 Å². The van der Waals surface area contributed by atoms with E-state index in [2.05, 4.69) is 0 Å². The molecule has 1 aromatic carbocycles. The molecule has 0 aliphatic carbocycles. The first kappa shape index (κ1) is 12.7. The minimum atomic E-state index is -0.0177. The average molecular weight is 249 g/mol. The smallest absolute Gasteiger partial charge is 0.236 e. The van der Waals surface area contributed by atoms with Crippen LogP contribution in [0.15, 0.2) is 24.3 Å². The molecule has 1 amide bonds. The van der Waals surface area contributed by atoms with Gasteiger partial charge in [-0.05, 0) is 25.0 Å². The number of carbonyl (C=O) groups excluding carboxylic acids is 1. The fourth-order valence-electron chi connectivity index (χ4n) is 2.17. The standard InChI is InChI=1S/C13H19N3O2/c14-8-13(17)16-6-2-5-12(9-16)18-11-4-1-3-10(15)7-11/h1,3-4,7,12H,2,5-6,8-9,14-15H2. The first-order valence-electron chi connectivity index (χ1n) is 6.19. The molecule has 0 saturated carbocycles. The summed E-state index contributed by atoms with van der Waals surface area (Å²) in [6, 6.07) is 7.35. The van der Waals surface area contributed by atoms with Gasteiger partial charge in [0.05, 0.1) is 13.1 Å². The van der Waals surface area contributed by atoms with E-state index in [9.17, 15) is 4.79 Å². The molecule has 5 heteroatoms. The molecule has 0 spiro atoms. The van der Waals surface area contributed by atoms with Crippen molar-refractivity contribution in [2.45, 2.75) is 18.9 Å². The van der Waals surface area contributed by atoms with Gasteiger partial charge in [-0.3, -0.25) is 4.79 Å². The maximum atomic E-state index is 11.5. The van der Waals surface area contributed by atoms with Crippen LogP contribution in [0.3, 0.4) is 0 Å². The van der Waals surface area contributed by atoms with Crippen molar-refractivity contribution < 1.29 is 9.53 Å². The molecule has 1 unspecified atom stereocenters. The van der Waals surface area contributed by atoms with Gasteiger partial charge in [-0.2, -0.15) is 0 Å². The van der Waals surface area contributed by atoms with Crippen LogP contribution in [0.4, 0.5) is 5.69 Å². The second-order valence-corrected chi connectivity index (χ2v) is 4.50. The highest BCUT2D eigenvalue weighted by atomic mass is 16.5. The number of anilines is 1. The fraction of sp³-hybridized carbons (Fsp3) is 0.462. The van der Waals surface area contributed by atoms with Gasteiger partial charge in [0.25, 0.3) is 0 Å². The van der Waals surface area contributed by atoms with Gasteiger partial charge >= 0.3 is 0 Å². The molecule has 1 saturated heterocycles. The van der Waals surface area contributed by atoms with Gasteiger partial charge in [0.15, 0.2) is 0 Å². The molecule has 1 aliphatic heterocycles. The number of benzene rings is 1. The number of hydrogen-bond donors (Lipinski definition) is 2. The quantitative estimate of drug-likeness (QED) is 0.768. The lowest BCUT2D eigenvalue weighted by molar-refractivity contribution is -0.132. The third kappa shape index (κ3) is 3.13. The highest BCUT2D eigenvalue weighted by Gasteiger charge is 2.23.